The van der Waals surface area contributed by atoms with E-state index < -0.39 is 5.95 Å². The van der Waals surface area contributed by atoms with E-state index in [2.05, 4.69) is 21.0 Å². The van der Waals surface area contributed by atoms with Crippen LogP contribution >= 0.6 is 15.9 Å². The first-order valence-electron chi connectivity index (χ1n) is 3.65. The SMILES string of the molecule is O=Cc1c(F)nn2cc(O)cc(Br)c12. The van der Waals surface area contributed by atoms with E-state index in [1.807, 2.05) is 0 Å². The summed E-state index contributed by atoms with van der Waals surface area (Å²) in [5.74, 6) is -0.921. The van der Waals surface area contributed by atoms with E-state index in [4.69, 9.17) is 0 Å². The molecule has 72 valence electrons. The van der Waals surface area contributed by atoms with Gasteiger partial charge in [-0.05, 0) is 22.0 Å². The number of aromatic hydroxyl groups is 1. The number of nitrogens with zero attached hydrogens (tertiary/aromatic N) is 2. The van der Waals surface area contributed by atoms with Crippen LogP contribution in [-0.4, -0.2) is 21.0 Å². The Hall–Kier alpha value is -1.43. The fraction of sp³-hybridized carbons (Fsp3) is 0. The Balaban J connectivity index is 2.95. The Bertz CT molecular complexity index is 524. The molecule has 0 bridgehead atoms. The minimum atomic E-state index is -0.855. The molecule has 0 aliphatic rings. The molecule has 0 saturated heterocycles. The van der Waals surface area contributed by atoms with Gasteiger partial charge >= 0.3 is 0 Å². The Morgan fingerprint density at radius 1 is 1.64 bits per heavy atom. The highest BCUT2D eigenvalue weighted by Gasteiger charge is 2.14. The number of hydrogen-bond donors (Lipinski definition) is 1. The van der Waals surface area contributed by atoms with Gasteiger partial charge in [-0.1, -0.05) is 0 Å². The van der Waals surface area contributed by atoms with Crippen LogP contribution in [0, 0.1) is 5.95 Å². The molecule has 14 heavy (non-hydrogen) atoms. The zero-order valence-electron chi connectivity index (χ0n) is 6.74. The lowest BCUT2D eigenvalue weighted by molar-refractivity contribution is 0.112. The molecular formula is C8H4BrFN2O2. The maximum absolute atomic E-state index is 13.1. The summed E-state index contributed by atoms with van der Waals surface area (Å²) in [7, 11) is 0. The first-order valence-corrected chi connectivity index (χ1v) is 4.44. The van der Waals surface area contributed by atoms with Crippen molar-refractivity contribution in [1.29, 1.82) is 0 Å². The molecule has 2 aromatic heterocycles. The predicted molar refractivity (Wildman–Crippen MR) is 49.9 cm³/mol. The molecule has 0 atom stereocenters. The number of rotatable bonds is 1. The monoisotopic (exact) mass is 258 g/mol. The van der Waals surface area contributed by atoms with Crippen molar-refractivity contribution in [2.75, 3.05) is 0 Å². The van der Waals surface area contributed by atoms with Crippen molar-refractivity contribution in [2.45, 2.75) is 0 Å². The first-order chi connectivity index (χ1) is 6.63. The Kier molecular flexibility index (Phi) is 1.99. The summed E-state index contributed by atoms with van der Waals surface area (Å²) in [4.78, 5) is 10.6. The average molecular weight is 259 g/mol. The zero-order valence-corrected chi connectivity index (χ0v) is 8.32. The molecule has 4 nitrogen and oxygen atoms in total. The average Bonchev–Trinajstić information content (AvgIpc) is 2.40. The maximum atomic E-state index is 13.1. The Morgan fingerprint density at radius 2 is 2.36 bits per heavy atom. The van der Waals surface area contributed by atoms with Crippen molar-refractivity contribution in [2.24, 2.45) is 0 Å². The molecule has 2 heterocycles. The van der Waals surface area contributed by atoms with E-state index in [9.17, 15) is 14.3 Å². The van der Waals surface area contributed by atoms with Crippen molar-refractivity contribution in [3.63, 3.8) is 0 Å². The van der Waals surface area contributed by atoms with Crippen molar-refractivity contribution in [3.05, 3.63) is 28.2 Å². The van der Waals surface area contributed by atoms with E-state index >= 15 is 0 Å². The third kappa shape index (κ3) is 1.19. The minimum Gasteiger partial charge on any atom is -0.506 e. The summed E-state index contributed by atoms with van der Waals surface area (Å²) in [5.41, 5.74) is 0.173. The summed E-state index contributed by atoms with van der Waals surface area (Å²) < 4.78 is 14.6. The molecule has 6 heteroatoms. The quantitative estimate of drug-likeness (QED) is 0.794. The van der Waals surface area contributed by atoms with Crippen LogP contribution in [0.3, 0.4) is 0 Å². The second-order valence-electron chi connectivity index (χ2n) is 2.66. The molecule has 0 saturated carbocycles. The lowest BCUT2D eigenvalue weighted by atomic mass is 10.3. The Labute approximate surface area is 86.1 Å². The smallest absolute Gasteiger partial charge is 0.244 e. The van der Waals surface area contributed by atoms with E-state index in [-0.39, 0.29) is 11.3 Å². The second kappa shape index (κ2) is 3.06. The molecule has 0 amide bonds. The van der Waals surface area contributed by atoms with Gasteiger partial charge in [0.15, 0.2) is 6.29 Å². The van der Waals surface area contributed by atoms with Gasteiger partial charge < -0.3 is 5.11 Å². The van der Waals surface area contributed by atoms with E-state index in [1.54, 1.807) is 0 Å². The van der Waals surface area contributed by atoms with Gasteiger partial charge in [-0.3, -0.25) is 4.79 Å². The fourth-order valence-electron chi connectivity index (χ4n) is 1.22. The normalized spacial score (nSPS) is 10.7. The van der Waals surface area contributed by atoms with Gasteiger partial charge in [0.1, 0.15) is 5.75 Å². The third-order valence-corrected chi connectivity index (χ3v) is 2.38. The minimum absolute atomic E-state index is 0.0654. The van der Waals surface area contributed by atoms with Gasteiger partial charge in [0.05, 0.1) is 17.3 Å². The van der Waals surface area contributed by atoms with Crippen LogP contribution in [0.5, 0.6) is 5.75 Å². The predicted octanol–water partition coefficient (Wildman–Crippen LogP) is 1.75. The molecular weight excluding hydrogens is 255 g/mol. The number of carbonyl (C=O) groups excluding carboxylic acids is 1. The number of carbonyl (C=O) groups is 1. The second-order valence-corrected chi connectivity index (χ2v) is 3.52. The molecule has 2 rings (SSSR count). The molecule has 0 aromatic carbocycles. The standard InChI is InChI=1S/C8H4BrFN2O2/c9-6-1-4(14)2-12-7(6)5(3-13)8(10)11-12/h1-3,14H. The molecule has 0 unspecified atom stereocenters. The van der Waals surface area contributed by atoms with Crippen molar-refractivity contribution >= 4 is 27.7 Å². The molecule has 1 N–H and O–H groups in total. The number of aromatic nitrogens is 2. The van der Waals surface area contributed by atoms with Crippen LogP contribution in [-0.2, 0) is 0 Å². The Morgan fingerprint density at radius 3 is 3.00 bits per heavy atom. The van der Waals surface area contributed by atoms with Gasteiger partial charge in [-0.15, -0.1) is 5.10 Å². The highest BCUT2D eigenvalue weighted by molar-refractivity contribution is 9.10. The molecule has 0 aliphatic heterocycles. The summed E-state index contributed by atoms with van der Waals surface area (Å²) in [5, 5.41) is 12.6. The van der Waals surface area contributed by atoms with Crippen molar-refractivity contribution < 1.29 is 14.3 Å². The van der Waals surface area contributed by atoms with Gasteiger partial charge in [-0.25, -0.2) is 4.52 Å². The van der Waals surface area contributed by atoms with Crippen molar-refractivity contribution in [1.82, 2.24) is 9.61 Å². The fourth-order valence-corrected chi connectivity index (χ4v) is 1.85. The summed E-state index contributed by atoms with van der Waals surface area (Å²) in [6.45, 7) is 0. The first kappa shape index (κ1) is 9.14. The van der Waals surface area contributed by atoms with E-state index in [0.29, 0.717) is 16.3 Å². The lowest BCUT2D eigenvalue weighted by Gasteiger charge is -1.97. The highest BCUT2D eigenvalue weighted by Crippen LogP contribution is 2.26. The van der Waals surface area contributed by atoms with E-state index in [1.165, 1.54) is 12.3 Å². The number of aldehydes is 1. The van der Waals surface area contributed by atoms with Crippen LogP contribution in [0.25, 0.3) is 5.52 Å². The molecule has 0 fully saturated rings. The van der Waals surface area contributed by atoms with Crippen LogP contribution < -0.4 is 0 Å². The molecule has 0 radical (unpaired) electrons. The van der Waals surface area contributed by atoms with Gasteiger partial charge in [0.25, 0.3) is 0 Å². The van der Waals surface area contributed by atoms with Crippen LogP contribution in [0.4, 0.5) is 4.39 Å². The molecule has 0 spiro atoms. The van der Waals surface area contributed by atoms with Crippen molar-refractivity contribution in [3.8, 4) is 5.75 Å². The number of fused-ring (bicyclic) bond motifs is 1. The van der Waals surface area contributed by atoms with Crippen LogP contribution in [0.2, 0.25) is 0 Å². The third-order valence-electron chi connectivity index (χ3n) is 1.78. The summed E-state index contributed by atoms with van der Waals surface area (Å²) in [6.07, 6.45) is 1.61. The highest BCUT2D eigenvalue weighted by atomic mass is 79.9. The molecule has 2 aromatic rings. The largest absolute Gasteiger partial charge is 0.506 e. The number of pyridine rings is 1. The van der Waals surface area contributed by atoms with Gasteiger partial charge in [0, 0.05) is 4.47 Å². The van der Waals surface area contributed by atoms with Gasteiger partial charge in [-0.2, -0.15) is 4.39 Å². The van der Waals surface area contributed by atoms with Crippen LogP contribution in [0.1, 0.15) is 10.4 Å². The van der Waals surface area contributed by atoms with E-state index in [0.717, 1.165) is 4.52 Å². The topological polar surface area (TPSA) is 54.6 Å². The number of hydrogen-bond acceptors (Lipinski definition) is 3. The number of halogens is 2. The van der Waals surface area contributed by atoms with Crippen LogP contribution in [0.15, 0.2) is 16.7 Å². The zero-order chi connectivity index (χ0) is 10.3. The summed E-state index contributed by atoms with van der Waals surface area (Å²) >= 11 is 3.11. The molecule has 0 aliphatic carbocycles. The maximum Gasteiger partial charge on any atom is 0.244 e. The van der Waals surface area contributed by atoms with Gasteiger partial charge in [0.2, 0.25) is 5.95 Å². The lowest BCUT2D eigenvalue weighted by Crippen LogP contribution is -1.87. The summed E-state index contributed by atoms with van der Waals surface area (Å²) in [6, 6.07) is 1.36.